The molecule has 0 saturated heterocycles. The van der Waals surface area contributed by atoms with E-state index in [4.69, 9.17) is 9.97 Å². The second-order valence-electron chi connectivity index (χ2n) is 5.62. The second-order valence-corrected chi connectivity index (χ2v) is 6.70. The predicted octanol–water partition coefficient (Wildman–Crippen LogP) is 4.77. The van der Waals surface area contributed by atoms with Gasteiger partial charge in [0, 0.05) is 18.0 Å². The van der Waals surface area contributed by atoms with Crippen LogP contribution < -0.4 is 5.32 Å². The molecule has 0 aliphatic heterocycles. The summed E-state index contributed by atoms with van der Waals surface area (Å²) >= 11 is 1.90. The van der Waals surface area contributed by atoms with Crippen LogP contribution in [0.5, 0.6) is 0 Å². The van der Waals surface area contributed by atoms with Gasteiger partial charge in [-0.25, -0.2) is 9.97 Å². The molecule has 1 aromatic heterocycles. The van der Waals surface area contributed by atoms with Crippen molar-refractivity contribution < 1.29 is 0 Å². The number of unbranched alkanes of at least 4 members (excludes halogenated alkanes) is 2. The predicted molar refractivity (Wildman–Crippen MR) is 87.8 cm³/mol. The molecule has 20 heavy (non-hydrogen) atoms. The van der Waals surface area contributed by atoms with Crippen molar-refractivity contribution in [3.8, 4) is 0 Å². The average Bonchev–Trinajstić information content (AvgIpc) is 3.28. The molecule has 0 radical (unpaired) electrons. The molecule has 1 heterocycles. The molecule has 0 amide bonds. The Labute approximate surface area is 127 Å². The SMILES string of the molecule is CCCCCSc1nc(C2CC2)nc(NCCC)c1C. The molecule has 0 spiro atoms. The van der Waals surface area contributed by atoms with E-state index in [9.17, 15) is 0 Å². The summed E-state index contributed by atoms with van der Waals surface area (Å²) in [7, 11) is 0. The fourth-order valence-corrected chi connectivity index (χ4v) is 3.13. The van der Waals surface area contributed by atoms with Crippen LogP contribution in [0.1, 0.15) is 69.7 Å². The number of hydrogen-bond acceptors (Lipinski definition) is 4. The highest BCUT2D eigenvalue weighted by molar-refractivity contribution is 7.99. The third-order valence-corrected chi connectivity index (χ3v) is 4.75. The smallest absolute Gasteiger partial charge is 0.135 e. The lowest BCUT2D eigenvalue weighted by atomic mass is 10.3. The fourth-order valence-electron chi connectivity index (χ4n) is 2.11. The van der Waals surface area contributed by atoms with Gasteiger partial charge in [-0.05, 0) is 38.4 Å². The molecule has 2 rings (SSSR count). The summed E-state index contributed by atoms with van der Waals surface area (Å²) in [6, 6.07) is 0. The lowest BCUT2D eigenvalue weighted by molar-refractivity contribution is 0.777. The third-order valence-electron chi connectivity index (χ3n) is 3.59. The van der Waals surface area contributed by atoms with Crippen molar-refractivity contribution in [1.82, 2.24) is 9.97 Å². The first-order chi connectivity index (χ1) is 9.76. The molecule has 0 aromatic carbocycles. The zero-order valence-electron chi connectivity index (χ0n) is 13.0. The number of nitrogens with zero attached hydrogens (tertiary/aromatic N) is 2. The van der Waals surface area contributed by atoms with Crippen molar-refractivity contribution in [2.24, 2.45) is 0 Å². The molecule has 1 N–H and O–H groups in total. The summed E-state index contributed by atoms with van der Waals surface area (Å²) in [6.07, 6.45) is 7.52. The summed E-state index contributed by atoms with van der Waals surface area (Å²) < 4.78 is 0. The molecule has 1 fully saturated rings. The van der Waals surface area contributed by atoms with Gasteiger partial charge in [0.25, 0.3) is 0 Å². The maximum atomic E-state index is 4.81. The van der Waals surface area contributed by atoms with Crippen LogP contribution in [0.15, 0.2) is 5.03 Å². The Kier molecular flexibility index (Phi) is 6.14. The topological polar surface area (TPSA) is 37.8 Å². The van der Waals surface area contributed by atoms with E-state index in [-0.39, 0.29) is 0 Å². The minimum atomic E-state index is 0.618. The van der Waals surface area contributed by atoms with Gasteiger partial charge in [0.2, 0.25) is 0 Å². The van der Waals surface area contributed by atoms with Crippen molar-refractivity contribution >= 4 is 17.6 Å². The van der Waals surface area contributed by atoms with E-state index in [0.717, 1.165) is 24.6 Å². The minimum Gasteiger partial charge on any atom is -0.370 e. The maximum absolute atomic E-state index is 4.81. The van der Waals surface area contributed by atoms with Crippen molar-refractivity contribution in [2.75, 3.05) is 17.6 Å². The zero-order valence-corrected chi connectivity index (χ0v) is 13.9. The standard InChI is InChI=1S/C16H27N3S/c1-4-6-7-11-20-16-12(3)14(17-10-5-2)18-15(19-16)13-8-9-13/h13H,4-11H2,1-3H3,(H,17,18,19). The fraction of sp³-hybridized carbons (Fsp3) is 0.750. The lowest BCUT2D eigenvalue weighted by Crippen LogP contribution is -2.08. The summed E-state index contributed by atoms with van der Waals surface area (Å²) in [5.41, 5.74) is 1.23. The van der Waals surface area contributed by atoms with Gasteiger partial charge < -0.3 is 5.32 Å². The van der Waals surface area contributed by atoms with Crippen LogP contribution in [-0.4, -0.2) is 22.3 Å². The Morgan fingerprint density at radius 1 is 1.15 bits per heavy atom. The molecule has 1 aliphatic rings. The van der Waals surface area contributed by atoms with Gasteiger partial charge in [0.15, 0.2) is 0 Å². The summed E-state index contributed by atoms with van der Waals surface area (Å²) in [5, 5.41) is 4.65. The van der Waals surface area contributed by atoms with Gasteiger partial charge in [0.1, 0.15) is 16.7 Å². The lowest BCUT2D eigenvalue weighted by Gasteiger charge is -2.13. The number of thioether (sulfide) groups is 1. The largest absolute Gasteiger partial charge is 0.370 e. The van der Waals surface area contributed by atoms with Gasteiger partial charge in [-0.2, -0.15) is 0 Å². The van der Waals surface area contributed by atoms with Crippen molar-refractivity contribution in [3.63, 3.8) is 0 Å². The molecule has 0 bridgehead atoms. The number of rotatable bonds is 9. The van der Waals surface area contributed by atoms with E-state index in [1.54, 1.807) is 0 Å². The van der Waals surface area contributed by atoms with Crippen LogP contribution in [0.4, 0.5) is 5.82 Å². The van der Waals surface area contributed by atoms with E-state index < -0.39 is 0 Å². The molecule has 1 saturated carbocycles. The van der Waals surface area contributed by atoms with Crippen LogP contribution in [0.3, 0.4) is 0 Å². The average molecular weight is 293 g/mol. The Bertz CT molecular complexity index is 430. The van der Waals surface area contributed by atoms with Crippen molar-refractivity contribution in [2.45, 2.75) is 70.2 Å². The van der Waals surface area contributed by atoms with Gasteiger partial charge in [-0.1, -0.05) is 26.7 Å². The number of hydrogen-bond donors (Lipinski definition) is 1. The molecular formula is C16H27N3S. The van der Waals surface area contributed by atoms with Crippen LogP contribution in [0, 0.1) is 6.92 Å². The van der Waals surface area contributed by atoms with Crippen LogP contribution in [-0.2, 0) is 0 Å². The van der Waals surface area contributed by atoms with Crippen molar-refractivity contribution in [3.05, 3.63) is 11.4 Å². The molecule has 112 valence electrons. The Morgan fingerprint density at radius 3 is 2.60 bits per heavy atom. The highest BCUT2D eigenvalue weighted by atomic mass is 32.2. The van der Waals surface area contributed by atoms with Gasteiger partial charge in [-0.3, -0.25) is 0 Å². The van der Waals surface area contributed by atoms with E-state index in [1.165, 1.54) is 48.4 Å². The first kappa shape index (κ1) is 15.6. The van der Waals surface area contributed by atoms with Crippen LogP contribution in [0.25, 0.3) is 0 Å². The van der Waals surface area contributed by atoms with Gasteiger partial charge >= 0.3 is 0 Å². The first-order valence-electron chi connectivity index (χ1n) is 8.01. The molecule has 4 heteroatoms. The summed E-state index contributed by atoms with van der Waals surface area (Å²) in [6.45, 7) is 7.57. The Morgan fingerprint density at radius 2 is 1.95 bits per heavy atom. The maximum Gasteiger partial charge on any atom is 0.135 e. The molecule has 3 nitrogen and oxygen atoms in total. The van der Waals surface area contributed by atoms with E-state index in [2.05, 4.69) is 26.1 Å². The minimum absolute atomic E-state index is 0.618. The highest BCUT2D eigenvalue weighted by Gasteiger charge is 2.28. The summed E-state index contributed by atoms with van der Waals surface area (Å²) in [4.78, 5) is 9.55. The normalized spacial score (nSPS) is 14.6. The highest BCUT2D eigenvalue weighted by Crippen LogP contribution is 2.40. The molecular weight excluding hydrogens is 266 g/mol. The van der Waals surface area contributed by atoms with E-state index in [0.29, 0.717) is 5.92 Å². The van der Waals surface area contributed by atoms with Crippen LogP contribution >= 0.6 is 11.8 Å². The second kappa shape index (κ2) is 7.87. The number of aromatic nitrogens is 2. The van der Waals surface area contributed by atoms with Gasteiger partial charge in [0.05, 0.1) is 0 Å². The van der Waals surface area contributed by atoms with Crippen molar-refractivity contribution in [1.29, 1.82) is 0 Å². The Hall–Kier alpha value is -0.770. The van der Waals surface area contributed by atoms with Crippen LogP contribution in [0.2, 0.25) is 0 Å². The number of anilines is 1. The van der Waals surface area contributed by atoms with Gasteiger partial charge in [-0.15, -0.1) is 11.8 Å². The zero-order chi connectivity index (χ0) is 14.4. The van der Waals surface area contributed by atoms with E-state index >= 15 is 0 Å². The summed E-state index contributed by atoms with van der Waals surface area (Å²) in [5.74, 6) is 3.91. The monoisotopic (exact) mass is 293 g/mol. The quantitative estimate of drug-likeness (QED) is 0.404. The molecule has 1 aromatic rings. The third kappa shape index (κ3) is 4.37. The Balaban J connectivity index is 2.08. The molecule has 0 atom stereocenters. The van der Waals surface area contributed by atoms with E-state index in [1.807, 2.05) is 11.8 Å². The molecule has 0 unspecified atom stereocenters. The number of nitrogens with one attached hydrogen (secondary N) is 1. The molecule has 1 aliphatic carbocycles. The first-order valence-corrected chi connectivity index (χ1v) is 9.00.